The van der Waals surface area contributed by atoms with Crippen LogP contribution in [-0.2, 0) is 4.79 Å². The Kier molecular flexibility index (Phi) is 6.60. The number of nitrogens with one attached hydrogen (secondary N) is 2. The van der Waals surface area contributed by atoms with Crippen molar-refractivity contribution in [3.8, 4) is 0 Å². The normalized spacial score (nSPS) is 24.4. The van der Waals surface area contributed by atoms with E-state index in [-0.39, 0.29) is 30.3 Å². The minimum atomic E-state index is -0.128. The summed E-state index contributed by atoms with van der Waals surface area (Å²) in [6, 6.07) is 4.36. The second-order valence-corrected chi connectivity index (χ2v) is 6.61. The fraction of sp³-hybridized carbons (Fsp3) is 0.615. The lowest BCUT2D eigenvalue weighted by atomic mass is 9.98. The van der Waals surface area contributed by atoms with E-state index in [0.717, 1.165) is 28.6 Å². The maximum atomic E-state index is 12.2. The fourth-order valence-corrected chi connectivity index (χ4v) is 3.35. The van der Waals surface area contributed by atoms with Crippen molar-refractivity contribution in [3.05, 3.63) is 21.3 Å². The number of hydrogen-bond acceptors (Lipinski definition) is 3. The van der Waals surface area contributed by atoms with E-state index in [1.165, 1.54) is 11.3 Å². The molecule has 1 saturated heterocycles. The summed E-state index contributed by atoms with van der Waals surface area (Å²) in [5.41, 5.74) is 0. The van der Waals surface area contributed by atoms with E-state index in [0.29, 0.717) is 6.04 Å². The van der Waals surface area contributed by atoms with E-state index in [4.69, 9.17) is 11.6 Å². The topological polar surface area (TPSA) is 41.1 Å². The second kappa shape index (κ2) is 7.48. The van der Waals surface area contributed by atoms with Gasteiger partial charge in [-0.05, 0) is 45.4 Å². The Morgan fingerprint density at radius 1 is 1.58 bits per heavy atom. The Bertz CT molecular complexity index is 425. The number of carbonyl (C=O) groups excluding carboxylic acids is 1. The van der Waals surface area contributed by atoms with Crippen LogP contribution in [0.25, 0.3) is 0 Å². The van der Waals surface area contributed by atoms with Crippen molar-refractivity contribution in [1.29, 1.82) is 0 Å². The molecule has 108 valence electrons. The molecule has 0 radical (unpaired) electrons. The molecule has 1 aliphatic rings. The van der Waals surface area contributed by atoms with Crippen LogP contribution in [0.1, 0.15) is 37.5 Å². The lowest BCUT2D eigenvalue weighted by Gasteiger charge is -2.31. The van der Waals surface area contributed by atoms with E-state index in [1.807, 2.05) is 19.1 Å². The van der Waals surface area contributed by atoms with Crippen LogP contribution in [0, 0.1) is 0 Å². The summed E-state index contributed by atoms with van der Waals surface area (Å²) in [5.74, 6) is -0.0364. The molecule has 2 heterocycles. The molecule has 1 fully saturated rings. The molecular weight excluding hydrogens is 303 g/mol. The number of rotatable bonds is 3. The van der Waals surface area contributed by atoms with E-state index in [9.17, 15) is 4.79 Å². The predicted molar refractivity (Wildman–Crippen MR) is 83.6 cm³/mol. The highest BCUT2D eigenvalue weighted by Crippen LogP contribution is 2.28. The van der Waals surface area contributed by atoms with Gasteiger partial charge in [0.2, 0.25) is 5.91 Å². The second-order valence-electron chi connectivity index (χ2n) is 4.86. The van der Waals surface area contributed by atoms with Crippen LogP contribution >= 0.6 is 35.3 Å². The van der Waals surface area contributed by atoms with Gasteiger partial charge >= 0.3 is 0 Å². The summed E-state index contributed by atoms with van der Waals surface area (Å²) in [7, 11) is 0. The van der Waals surface area contributed by atoms with Crippen molar-refractivity contribution >= 4 is 41.3 Å². The highest BCUT2D eigenvalue weighted by atomic mass is 35.5. The van der Waals surface area contributed by atoms with Gasteiger partial charge in [0.25, 0.3) is 0 Å². The maximum absolute atomic E-state index is 12.2. The van der Waals surface area contributed by atoms with Crippen molar-refractivity contribution in [2.45, 2.75) is 44.7 Å². The van der Waals surface area contributed by atoms with E-state index >= 15 is 0 Å². The van der Waals surface area contributed by atoms with Crippen LogP contribution in [0.5, 0.6) is 0 Å². The molecule has 0 aliphatic carbocycles. The molecule has 3 atom stereocenters. The standard InChI is InChI=1S/C13H19ClN2OS.ClH/c1-8(11-5-6-12(14)18-11)13(17)16-10-4-3-7-15-9(10)2;/h5-6,8-10,15H,3-4,7H2,1-2H3,(H,16,17);1H. The summed E-state index contributed by atoms with van der Waals surface area (Å²) >= 11 is 7.38. The molecule has 1 aromatic rings. The van der Waals surface area contributed by atoms with Crippen molar-refractivity contribution in [1.82, 2.24) is 10.6 Å². The molecule has 19 heavy (non-hydrogen) atoms. The Hall–Kier alpha value is -0.290. The van der Waals surface area contributed by atoms with Gasteiger partial charge in [-0.25, -0.2) is 0 Å². The predicted octanol–water partition coefficient (Wildman–Crippen LogP) is 3.18. The molecule has 3 unspecified atom stereocenters. The maximum Gasteiger partial charge on any atom is 0.228 e. The number of carbonyl (C=O) groups is 1. The van der Waals surface area contributed by atoms with Gasteiger partial charge in [-0.2, -0.15) is 0 Å². The monoisotopic (exact) mass is 322 g/mol. The Balaban J connectivity index is 0.00000180. The SMILES string of the molecule is CC(C(=O)NC1CCCNC1C)c1ccc(Cl)s1.Cl. The molecule has 2 N–H and O–H groups in total. The van der Waals surface area contributed by atoms with Crippen LogP contribution in [0.2, 0.25) is 4.34 Å². The van der Waals surface area contributed by atoms with Crippen molar-refractivity contribution in [2.75, 3.05) is 6.54 Å². The zero-order chi connectivity index (χ0) is 13.1. The summed E-state index contributed by atoms with van der Waals surface area (Å²) in [6.07, 6.45) is 2.17. The Labute approximate surface area is 129 Å². The lowest BCUT2D eigenvalue weighted by Crippen LogP contribution is -2.52. The molecule has 2 rings (SSSR count). The van der Waals surface area contributed by atoms with Crippen LogP contribution in [0.15, 0.2) is 12.1 Å². The average Bonchev–Trinajstić information content (AvgIpc) is 2.78. The van der Waals surface area contributed by atoms with Gasteiger partial charge in [-0.1, -0.05) is 11.6 Å². The first-order chi connectivity index (χ1) is 8.58. The number of amides is 1. The molecule has 0 bridgehead atoms. The van der Waals surface area contributed by atoms with Crippen molar-refractivity contribution in [3.63, 3.8) is 0 Å². The Morgan fingerprint density at radius 2 is 2.32 bits per heavy atom. The molecule has 0 saturated carbocycles. The molecule has 3 nitrogen and oxygen atoms in total. The first kappa shape index (κ1) is 16.8. The van der Waals surface area contributed by atoms with Crippen LogP contribution in [0.3, 0.4) is 0 Å². The summed E-state index contributed by atoms with van der Waals surface area (Å²) in [5, 5.41) is 6.53. The fourth-order valence-electron chi connectivity index (χ4n) is 2.24. The van der Waals surface area contributed by atoms with E-state index < -0.39 is 0 Å². The van der Waals surface area contributed by atoms with Gasteiger partial charge in [-0.3, -0.25) is 4.79 Å². The van der Waals surface area contributed by atoms with Gasteiger partial charge in [0.1, 0.15) is 0 Å². The first-order valence-corrected chi connectivity index (χ1v) is 7.56. The molecule has 1 amide bonds. The summed E-state index contributed by atoms with van der Waals surface area (Å²) in [4.78, 5) is 13.2. The van der Waals surface area contributed by atoms with Gasteiger partial charge in [0.05, 0.1) is 10.3 Å². The summed E-state index contributed by atoms with van der Waals surface area (Å²) in [6.45, 7) is 5.10. The minimum Gasteiger partial charge on any atom is -0.351 e. The number of halogens is 2. The zero-order valence-electron chi connectivity index (χ0n) is 11.1. The Morgan fingerprint density at radius 3 is 2.89 bits per heavy atom. The number of thiophene rings is 1. The molecule has 1 aromatic heterocycles. The van der Waals surface area contributed by atoms with Crippen molar-refractivity contribution in [2.24, 2.45) is 0 Å². The van der Waals surface area contributed by atoms with E-state index in [1.54, 1.807) is 0 Å². The average molecular weight is 323 g/mol. The molecule has 6 heteroatoms. The van der Waals surface area contributed by atoms with Gasteiger partial charge in [-0.15, -0.1) is 23.7 Å². The first-order valence-electron chi connectivity index (χ1n) is 6.37. The summed E-state index contributed by atoms with van der Waals surface area (Å²) < 4.78 is 0.734. The quantitative estimate of drug-likeness (QED) is 0.897. The highest BCUT2D eigenvalue weighted by molar-refractivity contribution is 7.16. The number of hydrogen-bond donors (Lipinski definition) is 2. The largest absolute Gasteiger partial charge is 0.351 e. The third-order valence-corrected chi connectivity index (χ3v) is 4.92. The molecule has 1 aliphatic heterocycles. The molecule has 0 aromatic carbocycles. The van der Waals surface area contributed by atoms with Gasteiger partial charge in [0.15, 0.2) is 0 Å². The lowest BCUT2D eigenvalue weighted by molar-refractivity contribution is -0.123. The van der Waals surface area contributed by atoms with Crippen LogP contribution in [-0.4, -0.2) is 24.5 Å². The smallest absolute Gasteiger partial charge is 0.228 e. The minimum absolute atomic E-state index is 0. The van der Waals surface area contributed by atoms with Gasteiger partial charge in [0, 0.05) is 17.0 Å². The molecule has 0 spiro atoms. The third kappa shape index (κ3) is 4.35. The third-order valence-electron chi connectivity index (χ3n) is 3.50. The zero-order valence-corrected chi connectivity index (χ0v) is 13.5. The molecular formula is C13H20Cl2N2OS. The highest BCUT2D eigenvalue weighted by Gasteiger charge is 2.25. The number of piperidine rings is 1. The van der Waals surface area contributed by atoms with Crippen LogP contribution in [0.4, 0.5) is 0 Å². The van der Waals surface area contributed by atoms with Crippen molar-refractivity contribution < 1.29 is 4.79 Å². The van der Waals surface area contributed by atoms with E-state index in [2.05, 4.69) is 17.6 Å². The van der Waals surface area contributed by atoms with Gasteiger partial charge < -0.3 is 10.6 Å². The van der Waals surface area contributed by atoms with Crippen LogP contribution < -0.4 is 10.6 Å².